The smallest absolute Gasteiger partial charge is 0.242 e. The summed E-state index contributed by atoms with van der Waals surface area (Å²) in [5.74, 6) is 0. The molecule has 0 amide bonds. The molecule has 22 heavy (non-hydrogen) atoms. The molecule has 3 rings (SSSR count). The van der Waals surface area contributed by atoms with E-state index >= 15 is 0 Å². The second-order valence-electron chi connectivity index (χ2n) is 5.97. The molecule has 6 heteroatoms. The van der Waals surface area contributed by atoms with Crippen molar-refractivity contribution in [3.8, 4) is 0 Å². The van der Waals surface area contributed by atoms with Crippen LogP contribution in [0.3, 0.4) is 0 Å². The largest absolute Gasteiger partial charge is 0.347 e. The van der Waals surface area contributed by atoms with Crippen LogP contribution in [0.15, 0.2) is 29.2 Å². The summed E-state index contributed by atoms with van der Waals surface area (Å²) in [6.45, 7) is 3.37. The zero-order chi connectivity index (χ0) is 15.7. The minimum Gasteiger partial charge on any atom is -0.347 e. The lowest BCUT2D eigenvalue weighted by Gasteiger charge is -2.11. The number of sulfonamides is 1. The normalized spacial score (nSPS) is 19.1. The lowest BCUT2D eigenvalue weighted by Crippen LogP contribution is -2.30. The van der Waals surface area contributed by atoms with Gasteiger partial charge in [0.15, 0.2) is 0 Å². The minimum atomic E-state index is -3.49. The van der Waals surface area contributed by atoms with Crippen LogP contribution in [-0.4, -0.2) is 32.1 Å². The Morgan fingerprint density at radius 1 is 1.36 bits per heavy atom. The predicted octanol–water partition coefficient (Wildman–Crippen LogP) is 1.91. The van der Waals surface area contributed by atoms with E-state index in [1.54, 1.807) is 0 Å². The molecular weight excluding hydrogens is 298 g/mol. The van der Waals surface area contributed by atoms with Crippen molar-refractivity contribution in [1.29, 1.82) is 0 Å². The van der Waals surface area contributed by atoms with Gasteiger partial charge in [-0.05, 0) is 38.8 Å². The zero-order valence-electron chi connectivity index (χ0n) is 13.1. The molecule has 1 fully saturated rings. The molecule has 0 bridgehead atoms. The average Bonchev–Trinajstić information content (AvgIpc) is 3.07. The van der Waals surface area contributed by atoms with Gasteiger partial charge < -0.3 is 9.88 Å². The van der Waals surface area contributed by atoms with Gasteiger partial charge in [0.1, 0.15) is 4.90 Å². The Kier molecular flexibility index (Phi) is 4.25. The summed E-state index contributed by atoms with van der Waals surface area (Å²) >= 11 is 0. The molecule has 2 aromatic rings. The maximum atomic E-state index is 12.7. The molecule has 1 aliphatic rings. The predicted molar refractivity (Wildman–Crippen MR) is 88.5 cm³/mol. The molecule has 0 unspecified atom stereocenters. The van der Waals surface area contributed by atoms with E-state index < -0.39 is 10.0 Å². The lowest BCUT2D eigenvalue weighted by molar-refractivity contribution is 0.539. The highest BCUT2D eigenvalue weighted by molar-refractivity contribution is 7.89. The van der Waals surface area contributed by atoms with Crippen molar-refractivity contribution in [3.05, 3.63) is 30.0 Å². The highest BCUT2D eigenvalue weighted by atomic mass is 32.2. The quantitative estimate of drug-likeness (QED) is 0.884. The Balaban J connectivity index is 1.84. The van der Waals surface area contributed by atoms with Crippen LogP contribution in [0.1, 0.15) is 25.0 Å². The first-order valence-corrected chi connectivity index (χ1v) is 9.26. The maximum absolute atomic E-state index is 12.7. The van der Waals surface area contributed by atoms with E-state index in [4.69, 9.17) is 0 Å². The van der Waals surface area contributed by atoms with E-state index in [-0.39, 0.29) is 0 Å². The molecule has 1 aromatic carbocycles. The second kappa shape index (κ2) is 6.02. The number of benzene rings is 1. The third-order valence-corrected chi connectivity index (χ3v) is 6.19. The summed E-state index contributed by atoms with van der Waals surface area (Å²) in [4.78, 5) is 0.407. The molecule has 2 N–H and O–H groups in total. The van der Waals surface area contributed by atoms with Crippen molar-refractivity contribution in [2.45, 2.75) is 37.1 Å². The highest BCUT2D eigenvalue weighted by Crippen LogP contribution is 2.28. The average molecular weight is 321 g/mol. The van der Waals surface area contributed by atoms with Gasteiger partial charge in [-0.25, -0.2) is 13.1 Å². The number of fused-ring (bicyclic) bond motifs is 1. The minimum absolute atomic E-state index is 0.407. The standard InChI is InChI=1S/C16H23N3O2S/c1-12-16(14-7-3-4-8-15(14)19(12)2)22(20,21)18-11-9-13-6-5-10-17-13/h3-4,7-8,13,17-18H,5-6,9-11H2,1-2H3/t13-/m1/s1. The van der Waals surface area contributed by atoms with Gasteiger partial charge in [0.25, 0.3) is 0 Å². The van der Waals surface area contributed by atoms with Crippen LogP contribution < -0.4 is 10.0 Å². The molecular formula is C16H23N3O2S. The fourth-order valence-corrected chi connectivity index (χ4v) is 4.79. The van der Waals surface area contributed by atoms with Gasteiger partial charge in [-0.15, -0.1) is 0 Å². The molecule has 5 nitrogen and oxygen atoms in total. The van der Waals surface area contributed by atoms with Gasteiger partial charge in [0, 0.05) is 36.2 Å². The third kappa shape index (κ3) is 2.78. The maximum Gasteiger partial charge on any atom is 0.242 e. The van der Waals surface area contributed by atoms with Gasteiger partial charge >= 0.3 is 0 Å². The fourth-order valence-electron chi connectivity index (χ4n) is 3.27. The Hall–Kier alpha value is -1.37. The summed E-state index contributed by atoms with van der Waals surface area (Å²) in [6, 6.07) is 8.07. The van der Waals surface area contributed by atoms with Gasteiger partial charge in [0.05, 0.1) is 0 Å². The van der Waals surface area contributed by atoms with E-state index in [1.807, 2.05) is 42.8 Å². The number of rotatable bonds is 5. The third-order valence-electron chi connectivity index (χ3n) is 4.56. The van der Waals surface area contributed by atoms with Crippen LogP contribution in [0.2, 0.25) is 0 Å². The van der Waals surface area contributed by atoms with Crippen molar-refractivity contribution in [3.63, 3.8) is 0 Å². The van der Waals surface area contributed by atoms with Crippen molar-refractivity contribution < 1.29 is 8.42 Å². The van der Waals surface area contributed by atoms with Crippen LogP contribution in [0.4, 0.5) is 0 Å². The van der Waals surface area contributed by atoms with E-state index in [2.05, 4.69) is 10.0 Å². The molecule has 0 saturated carbocycles. The lowest BCUT2D eigenvalue weighted by atomic mass is 10.2. The van der Waals surface area contributed by atoms with E-state index in [1.165, 1.54) is 6.42 Å². The van der Waals surface area contributed by atoms with Gasteiger partial charge in [0.2, 0.25) is 10.0 Å². The molecule has 0 spiro atoms. The SMILES string of the molecule is Cc1c(S(=O)(=O)NCC[C@H]2CCCN2)c2ccccc2n1C. The van der Waals surface area contributed by atoms with Crippen LogP contribution in [-0.2, 0) is 17.1 Å². The highest BCUT2D eigenvalue weighted by Gasteiger charge is 2.24. The number of para-hydroxylation sites is 1. The monoisotopic (exact) mass is 321 g/mol. The number of hydrogen-bond acceptors (Lipinski definition) is 3. The number of hydrogen-bond donors (Lipinski definition) is 2. The first-order chi connectivity index (χ1) is 10.5. The summed E-state index contributed by atoms with van der Waals surface area (Å²) in [5, 5.41) is 4.17. The molecule has 0 radical (unpaired) electrons. The second-order valence-corrected chi connectivity index (χ2v) is 7.67. The summed E-state index contributed by atoms with van der Waals surface area (Å²) in [7, 11) is -1.59. The zero-order valence-corrected chi connectivity index (χ0v) is 13.9. The molecule has 1 atom stereocenters. The van der Waals surface area contributed by atoms with Crippen molar-refractivity contribution in [2.75, 3.05) is 13.1 Å². The van der Waals surface area contributed by atoms with Gasteiger partial charge in [-0.2, -0.15) is 0 Å². The number of nitrogens with zero attached hydrogens (tertiary/aromatic N) is 1. The van der Waals surface area contributed by atoms with Crippen molar-refractivity contribution >= 4 is 20.9 Å². The number of aryl methyl sites for hydroxylation is 1. The van der Waals surface area contributed by atoms with Gasteiger partial charge in [-0.3, -0.25) is 0 Å². The molecule has 2 heterocycles. The Morgan fingerprint density at radius 3 is 2.86 bits per heavy atom. The molecule has 1 saturated heterocycles. The van der Waals surface area contributed by atoms with E-state index in [0.29, 0.717) is 17.5 Å². The number of aromatic nitrogens is 1. The van der Waals surface area contributed by atoms with Gasteiger partial charge in [-0.1, -0.05) is 18.2 Å². The first kappa shape index (κ1) is 15.5. The van der Waals surface area contributed by atoms with Crippen LogP contribution in [0.25, 0.3) is 10.9 Å². The van der Waals surface area contributed by atoms with E-state index in [0.717, 1.165) is 36.0 Å². The van der Waals surface area contributed by atoms with Crippen LogP contribution in [0, 0.1) is 6.92 Å². The first-order valence-electron chi connectivity index (χ1n) is 7.78. The van der Waals surface area contributed by atoms with E-state index in [9.17, 15) is 8.42 Å². The summed E-state index contributed by atoms with van der Waals surface area (Å²) in [5.41, 5.74) is 1.71. The van der Waals surface area contributed by atoms with Crippen LogP contribution in [0.5, 0.6) is 0 Å². The van der Waals surface area contributed by atoms with Crippen molar-refractivity contribution in [1.82, 2.24) is 14.6 Å². The molecule has 1 aliphatic heterocycles. The summed E-state index contributed by atoms with van der Waals surface area (Å²) < 4.78 is 30.1. The Bertz CT molecular complexity index is 774. The Labute approximate surface area is 131 Å². The number of nitrogens with one attached hydrogen (secondary N) is 2. The van der Waals surface area contributed by atoms with Crippen LogP contribution >= 0.6 is 0 Å². The fraction of sp³-hybridized carbons (Fsp3) is 0.500. The molecule has 120 valence electrons. The van der Waals surface area contributed by atoms with Crippen molar-refractivity contribution in [2.24, 2.45) is 7.05 Å². The topological polar surface area (TPSA) is 63.1 Å². The Morgan fingerprint density at radius 2 is 2.14 bits per heavy atom. The molecule has 0 aliphatic carbocycles. The molecule has 1 aromatic heterocycles. The summed E-state index contributed by atoms with van der Waals surface area (Å²) in [6.07, 6.45) is 3.15.